The van der Waals surface area contributed by atoms with Crippen LogP contribution in [-0.2, 0) is 20.9 Å². The maximum absolute atomic E-state index is 11.2. The van der Waals surface area contributed by atoms with Crippen molar-refractivity contribution in [3.05, 3.63) is 34.3 Å². The highest BCUT2D eigenvalue weighted by atomic mass is 16.6. The van der Waals surface area contributed by atoms with Crippen LogP contribution in [0.2, 0.25) is 0 Å². The molecule has 0 aliphatic carbocycles. The minimum absolute atomic E-state index is 0.0754. The van der Waals surface area contributed by atoms with Crippen molar-refractivity contribution in [1.29, 1.82) is 0 Å². The predicted molar refractivity (Wildman–Crippen MR) is 53.2 cm³/mol. The van der Waals surface area contributed by atoms with Gasteiger partial charge in [0.05, 0.1) is 6.42 Å². The number of carbonyl (C=O) groups is 2. The van der Waals surface area contributed by atoms with Crippen LogP contribution in [0.25, 0.3) is 0 Å². The quantitative estimate of drug-likeness (QED) is 0.595. The van der Waals surface area contributed by atoms with Gasteiger partial charge in [-0.25, -0.2) is 9.59 Å². The molecular weight excluding hydrogens is 232 g/mol. The zero-order valence-electron chi connectivity index (χ0n) is 9.02. The molecule has 0 aromatic carbocycles. The number of carboxylic acids is 1. The summed E-state index contributed by atoms with van der Waals surface area (Å²) in [6.07, 6.45) is -0.507. The molecule has 7 heteroatoms. The zero-order chi connectivity index (χ0) is 13.0. The molecule has 0 saturated heterocycles. The van der Waals surface area contributed by atoms with Gasteiger partial charge in [-0.3, -0.25) is 4.79 Å². The average Bonchev–Trinajstić information content (AvgIpc) is 2.52. The van der Waals surface area contributed by atoms with Gasteiger partial charge in [0.2, 0.25) is 0 Å². The lowest BCUT2D eigenvalue weighted by molar-refractivity contribution is -0.144. The summed E-state index contributed by atoms with van der Waals surface area (Å²) < 4.78 is 13.8. The van der Waals surface area contributed by atoms with E-state index in [-0.39, 0.29) is 23.7 Å². The first-order valence-electron chi connectivity index (χ1n) is 4.56. The Hall–Kier alpha value is -2.31. The van der Waals surface area contributed by atoms with Crippen LogP contribution in [0.5, 0.6) is 0 Å². The van der Waals surface area contributed by atoms with E-state index >= 15 is 0 Å². The normalized spacial score (nSPS) is 9.94. The Bertz CT molecular complexity index is 505. The van der Waals surface area contributed by atoms with Crippen LogP contribution < -0.4 is 5.82 Å². The van der Waals surface area contributed by atoms with E-state index in [1.807, 2.05) is 0 Å². The maximum Gasteiger partial charge on any atom is 0.519 e. The Morgan fingerprint density at radius 3 is 2.53 bits per heavy atom. The van der Waals surface area contributed by atoms with E-state index in [1.165, 1.54) is 6.92 Å². The fourth-order valence-corrected chi connectivity index (χ4v) is 0.994. The van der Waals surface area contributed by atoms with Gasteiger partial charge in [-0.05, 0) is 6.92 Å². The lowest BCUT2D eigenvalue weighted by atomic mass is 10.2. The summed E-state index contributed by atoms with van der Waals surface area (Å²) in [5.74, 6) is -2.66. The van der Waals surface area contributed by atoms with Gasteiger partial charge < -0.3 is 18.7 Å². The Labute approximate surface area is 95.3 Å². The van der Waals surface area contributed by atoms with Crippen molar-refractivity contribution in [3.63, 3.8) is 0 Å². The minimum Gasteiger partial charge on any atom is -0.481 e. The first-order chi connectivity index (χ1) is 7.90. The third kappa shape index (κ3) is 3.63. The van der Waals surface area contributed by atoms with Gasteiger partial charge in [0, 0.05) is 5.57 Å². The molecule has 0 atom stereocenters. The second-order valence-electron chi connectivity index (χ2n) is 3.18. The molecule has 1 N–H and O–H groups in total. The standard InChI is InChI=1S/C10H10O7/c1-5(3-8(11)12)9(13)15-4-7-6(2)16-10(14)17-7/h1,3-4H2,2H3,(H,11,12). The van der Waals surface area contributed by atoms with Gasteiger partial charge >= 0.3 is 17.8 Å². The topological polar surface area (TPSA) is 107 Å². The van der Waals surface area contributed by atoms with Gasteiger partial charge in [-0.1, -0.05) is 6.58 Å². The molecule has 0 fully saturated rings. The second-order valence-corrected chi connectivity index (χ2v) is 3.18. The molecule has 0 saturated carbocycles. The summed E-state index contributed by atoms with van der Waals surface area (Å²) in [6, 6.07) is 0. The highest BCUT2D eigenvalue weighted by Crippen LogP contribution is 2.09. The van der Waals surface area contributed by atoms with Crippen LogP contribution in [0.4, 0.5) is 0 Å². The van der Waals surface area contributed by atoms with Gasteiger partial charge in [-0.15, -0.1) is 0 Å². The van der Waals surface area contributed by atoms with E-state index in [1.54, 1.807) is 0 Å². The van der Waals surface area contributed by atoms with E-state index < -0.39 is 24.2 Å². The number of esters is 1. The maximum atomic E-state index is 11.2. The van der Waals surface area contributed by atoms with Gasteiger partial charge in [0.1, 0.15) is 0 Å². The largest absolute Gasteiger partial charge is 0.519 e. The van der Waals surface area contributed by atoms with Crippen LogP contribution in [-0.4, -0.2) is 17.0 Å². The van der Waals surface area contributed by atoms with Crippen molar-refractivity contribution in [2.45, 2.75) is 20.0 Å². The molecule has 1 rings (SSSR count). The van der Waals surface area contributed by atoms with E-state index in [4.69, 9.17) is 9.84 Å². The lowest BCUT2D eigenvalue weighted by Gasteiger charge is -2.03. The highest BCUT2D eigenvalue weighted by Gasteiger charge is 2.15. The Kier molecular flexibility index (Phi) is 3.86. The van der Waals surface area contributed by atoms with Crippen LogP contribution in [0.3, 0.4) is 0 Å². The first kappa shape index (κ1) is 12.8. The summed E-state index contributed by atoms with van der Waals surface area (Å²) >= 11 is 0. The molecule has 0 unspecified atom stereocenters. The summed E-state index contributed by atoms with van der Waals surface area (Å²) in [7, 11) is 0. The smallest absolute Gasteiger partial charge is 0.481 e. The zero-order valence-corrected chi connectivity index (χ0v) is 9.02. The monoisotopic (exact) mass is 242 g/mol. The fraction of sp³-hybridized carbons (Fsp3) is 0.300. The van der Waals surface area contributed by atoms with Gasteiger partial charge in [0.25, 0.3) is 0 Å². The van der Waals surface area contributed by atoms with E-state index in [2.05, 4.69) is 15.4 Å². The molecule has 7 nitrogen and oxygen atoms in total. The molecule has 92 valence electrons. The number of hydrogen-bond acceptors (Lipinski definition) is 6. The van der Waals surface area contributed by atoms with Gasteiger partial charge in [-0.2, -0.15) is 0 Å². The van der Waals surface area contributed by atoms with E-state index in [0.717, 1.165) is 0 Å². The van der Waals surface area contributed by atoms with E-state index in [0.29, 0.717) is 0 Å². The number of aryl methyl sites for hydroxylation is 1. The van der Waals surface area contributed by atoms with Crippen molar-refractivity contribution < 1.29 is 28.3 Å². The third-order valence-electron chi connectivity index (χ3n) is 1.82. The predicted octanol–water partition coefficient (Wildman–Crippen LogP) is 0.615. The Morgan fingerprint density at radius 2 is 2.06 bits per heavy atom. The number of aliphatic carboxylic acids is 1. The SMILES string of the molecule is C=C(CC(=O)O)C(=O)OCc1oc(=O)oc1C. The second kappa shape index (κ2) is 5.15. The minimum atomic E-state index is -1.18. The number of rotatable bonds is 5. The summed E-state index contributed by atoms with van der Waals surface area (Å²) in [6.45, 7) is 4.43. The van der Waals surface area contributed by atoms with Crippen LogP contribution in [0.1, 0.15) is 17.9 Å². The lowest BCUT2D eigenvalue weighted by Crippen LogP contribution is -2.10. The third-order valence-corrected chi connectivity index (χ3v) is 1.82. The first-order valence-corrected chi connectivity index (χ1v) is 4.56. The fourth-order valence-electron chi connectivity index (χ4n) is 0.994. The van der Waals surface area contributed by atoms with E-state index in [9.17, 15) is 14.4 Å². The van der Waals surface area contributed by atoms with Crippen molar-refractivity contribution >= 4 is 11.9 Å². The van der Waals surface area contributed by atoms with Gasteiger partial charge in [0.15, 0.2) is 18.1 Å². The average molecular weight is 242 g/mol. The molecule has 1 aromatic heterocycles. The molecule has 1 aromatic rings. The van der Waals surface area contributed by atoms with Crippen LogP contribution in [0.15, 0.2) is 25.8 Å². The van der Waals surface area contributed by atoms with Crippen molar-refractivity contribution in [2.75, 3.05) is 0 Å². The molecule has 0 amide bonds. The number of hydrogen-bond donors (Lipinski definition) is 1. The molecular formula is C10H10O7. The molecule has 17 heavy (non-hydrogen) atoms. The molecule has 0 aliphatic rings. The van der Waals surface area contributed by atoms with Crippen LogP contribution >= 0.6 is 0 Å². The summed E-state index contributed by atoms with van der Waals surface area (Å²) in [5.41, 5.74) is -0.194. The summed E-state index contributed by atoms with van der Waals surface area (Å²) in [5, 5.41) is 8.42. The molecule has 0 aliphatic heterocycles. The van der Waals surface area contributed by atoms with Crippen molar-refractivity contribution in [2.24, 2.45) is 0 Å². The highest BCUT2D eigenvalue weighted by molar-refractivity contribution is 5.92. The molecule has 0 bridgehead atoms. The Morgan fingerprint density at radius 1 is 1.41 bits per heavy atom. The number of ether oxygens (including phenoxy) is 1. The number of carbonyl (C=O) groups excluding carboxylic acids is 1. The number of carboxylic acid groups (broad SMARTS) is 1. The summed E-state index contributed by atoms with van der Waals surface area (Å²) in [4.78, 5) is 32.2. The van der Waals surface area contributed by atoms with Crippen molar-refractivity contribution in [1.82, 2.24) is 0 Å². The van der Waals surface area contributed by atoms with Crippen LogP contribution in [0, 0.1) is 6.92 Å². The molecule has 0 spiro atoms. The molecule has 1 heterocycles. The van der Waals surface area contributed by atoms with Crippen molar-refractivity contribution in [3.8, 4) is 0 Å². The Balaban J connectivity index is 2.54. The molecule has 0 radical (unpaired) electrons.